The van der Waals surface area contributed by atoms with Crippen molar-refractivity contribution in [3.63, 3.8) is 0 Å². The smallest absolute Gasteiger partial charge is 0.128 e. The van der Waals surface area contributed by atoms with Crippen LogP contribution in [0.3, 0.4) is 0 Å². The number of hydrogen-bond acceptors (Lipinski definition) is 1. The summed E-state index contributed by atoms with van der Waals surface area (Å²) in [5.41, 5.74) is 1.66. The van der Waals surface area contributed by atoms with E-state index in [1.807, 2.05) is 19.1 Å². The minimum absolute atomic E-state index is 0.0200. The predicted molar refractivity (Wildman–Crippen MR) is 70.2 cm³/mol. The number of benzene rings is 1. The van der Waals surface area contributed by atoms with Crippen LogP contribution in [0, 0.1) is 25.1 Å². The first-order valence-corrected chi connectivity index (χ1v) is 6.12. The van der Waals surface area contributed by atoms with E-state index in [-0.39, 0.29) is 11.9 Å². The number of nitrogens with one attached hydrogen (secondary N) is 1. The molecule has 0 heterocycles. The second kappa shape index (κ2) is 7.09. The topological polar surface area (TPSA) is 12.0 Å². The molecule has 2 heteroatoms. The lowest BCUT2D eigenvalue weighted by Gasteiger charge is -2.19. The zero-order valence-electron chi connectivity index (χ0n) is 10.6. The monoisotopic (exact) mass is 233 g/mol. The standard InChI is InChI=1S/C15H20FN/c1-4-6-7-15(17-10-5-2)13-9-8-12(3)11-14(13)16/h1,8-9,11,15,17H,5-7,10H2,2-3H3. The van der Waals surface area contributed by atoms with E-state index < -0.39 is 0 Å². The van der Waals surface area contributed by atoms with Crippen molar-refractivity contribution in [2.45, 2.75) is 39.2 Å². The van der Waals surface area contributed by atoms with Crippen LogP contribution >= 0.6 is 0 Å². The van der Waals surface area contributed by atoms with Crippen LogP contribution in [0.25, 0.3) is 0 Å². The summed E-state index contributed by atoms with van der Waals surface area (Å²) in [6.07, 6.45) is 7.74. The Morgan fingerprint density at radius 3 is 2.82 bits per heavy atom. The molecule has 1 aromatic rings. The first-order chi connectivity index (χ1) is 8.19. The van der Waals surface area contributed by atoms with Gasteiger partial charge >= 0.3 is 0 Å². The molecular weight excluding hydrogens is 213 g/mol. The summed E-state index contributed by atoms with van der Waals surface area (Å²) in [5, 5.41) is 3.35. The van der Waals surface area contributed by atoms with Crippen molar-refractivity contribution < 1.29 is 4.39 Å². The summed E-state index contributed by atoms with van der Waals surface area (Å²) in [6.45, 7) is 4.86. The minimum Gasteiger partial charge on any atom is -0.310 e. The lowest BCUT2D eigenvalue weighted by molar-refractivity contribution is 0.478. The van der Waals surface area contributed by atoms with Crippen molar-refractivity contribution in [2.75, 3.05) is 6.54 Å². The maximum Gasteiger partial charge on any atom is 0.128 e. The van der Waals surface area contributed by atoms with Gasteiger partial charge in [-0.1, -0.05) is 19.1 Å². The van der Waals surface area contributed by atoms with Gasteiger partial charge in [0.15, 0.2) is 0 Å². The van der Waals surface area contributed by atoms with Gasteiger partial charge in [0, 0.05) is 18.0 Å². The summed E-state index contributed by atoms with van der Waals surface area (Å²) in [7, 11) is 0. The van der Waals surface area contributed by atoms with E-state index >= 15 is 0 Å². The number of hydrogen-bond donors (Lipinski definition) is 1. The Morgan fingerprint density at radius 1 is 1.47 bits per heavy atom. The fraction of sp³-hybridized carbons (Fsp3) is 0.467. The van der Waals surface area contributed by atoms with Crippen molar-refractivity contribution in [1.29, 1.82) is 0 Å². The van der Waals surface area contributed by atoms with E-state index in [0.29, 0.717) is 6.42 Å². The van der Waals surface area contributed by atoms with Gasteiger partial charge < -0.3 is 5.32 Å². The van der Waals surface area contributed by atoms with Gasteiger partial charge in [-0.25, -0.2) is 4.39 Å². The van der Waals surface area contributed by atoms with Gasteiger partial charge in [0.25, 0.3) is 0 Å². The van der Waals surface area contributed by atoms with Gasteiger partial charge in [-0.2, -0.15) is 0 Å². The molecule has 1 unspecified atom stereocenters. The quantitative estimate of drug-likeness (QED) is 0.740. The Bertz CT molecular complexity index is 392. The van der Waals surface area contributed by atoms with Crippen molar-refractivity contribution in [2.24, 2.45) is 0 Å². The molecule has 1 nitrogen and oxygen atoms in total. The highest BCUT2D eigenvalue weighted by atomic mass is 19.1. The number of aryl methyl sites for hydroxylation is 1. The normalized spacial score (nSPS) is 12.1. The molecule has 1 rings (SSSR count). The zero-order chi connectivity index (χ0) is 12.7. The van der Waals surface area contributed by atoms with Crippen LogP contribution in [0.1, 0.15) is 43.4 Å². The number of terminal acetylenes is 1. The van der Waals surface area contributed by atoms with E-state index in [4.69, 9.17) is 6.42 Å². The molecule has 0 saturated heterocycles. The summed E-state index contributed by atoms with van der Waals surface area (Å²) >= 11 is 0. The molecule has 0 saturated carbocycles. The van der Waals surface area contributed by atoms with Crippen LogP contribution in [0.2, 0.25) is 0 Å². The van der Waals surface area contributed by atoms with Gasteiger partial charge in [-0.05, 0) is 37.9 Å². The van der Waals surface area contributed by atoms with Gasteiger partial charge in [-0.3, -0.25) is 0 Å². The molecule has 0 bridgehead atoms. The molecule has 1 atom stereocenters. The van der Waals surface area contributed by atoms with E-state index in [2.05, 4.69) is 18.2 Å². The molecule has 0 aliphatic heterocycles. The second-order valence-electron chi connectivity index (χ2n) is 4.27. The molecule has 0 aromatic heterocycles. The molecule has 0 spiro atoms. The molecule has 92 valence electrons. The molecule has 17 heavy (non-hydrogen) atoms. The van der Waals surface area contributed by atoms with E-state index in [1.165, 1.54) is 0 Å². The Labute approximate surface area is 103 Å². The van der Waals surface area contributed by atoms with Crippen LogP contribution in [0.15, 0.2) is 18.2 Å². The zero-order valence-corrected chi connectivity index (χ0v) is 10.6. The average molecular weight is 233 g/mol. The average Bonchev–Trinajstić information content (AvgIpc) is 2.30. The molecule has 1 N–H and O–H groups in total. The lowest BCUT2D eigenvalue weighted by atomic mass is 10.00. The highest BCUT2D eigenvalue weighted by Gasteiger charge is 2.14. The molecule has 0 aliphatic carbocycles. The molecule has 1 aromatic carbocycles. The Morgan fingerprint density at radius 2 is 2.24 bits per heavy atom. The Hall–Kier alpha value is -1.33. The van der Waals surface area contributed by atoms with Crippen LogP contribution in [-0.2, 0) is 0 Å². The van der Waals surface area contributed by atoms with Crippen LogP contribution in [0.5, 0.6) is 0 Å². The third-order valence-electron chi connectivity index (χ3n) is 2.75. The maximum absolute atomic E-state index is 13.9. The lowest BCUT2D eigenvalue weighted by Crippen LogP contribution is -2.23. The number of rotatable bonds is 6. The van der Waals surface area contributed by atoms with Gasteiger partial charge in [0.2, 0.25) is 0 Å². The third-order valence-corrected chi connectivity index (χ3v) is 2.75. The minimum atomic E-state index is -0.143. The van der Waals surface area contributed by atoms with Crippen molar-refractivity contribution in [1.82, 2.24) is 5.32 Å². The van der Waals surface area contributed by atoms with Gasteiger partial charge in [0.1, 0.15) is 5.82 Å². The molecule has 0 aliphatic rings. The van der Waals surface area contributed by atoms with Crippen LogP contribution in [-0.4, -0.2) is 6.54 Å². The van der Waals surface area contributed by atoms with E-state index in [9.17, 15) is 4.39 Å². The SMILES string of the molecule is C#CCCC(NCCC)c1ccc(C)cc1F. The van der Waals surface area contributed by atoms with Crippen LogP contribution < -0.4 is 5.32 Å². The van der Waals surface area contributed by atoms with Crippen molar-refractivity contribution in [3.8, 4) is 12.3 Å². The van der Waals surface area contributed by atoms with E-state index in [0.717, 1.165) is 30.5 Å². The highest BCUT2D eigenvalue weighted by Crippen LogP contribution is 2.22. The molecule has 0 radical (unpaired) electrons. The predicted octanol–water partition coefficient (Wildman–Crippen LogP) is 3.59. The summed E-state index contributed by atoms with van der Waals surface area (Å²) in [5.74, 6) is 2.47. The van der Waals surface area contributed by atoms with Crippen molar-refractivity contribution in [3.05, 3.63) is 35.1 Å². The maximum atomic E-state index is 13.9. The molecule has 0 amide bonds. The summed E-state index contributed by atoms with van der Waals surface area (Å²) < 4.78 is 13.9. The molecular formula is C15H20FN. The van der Waals surface area contributed by atoms with Gasteiger partial charge in [0.05, 0.1) is 0 Å². The largest absolute Gasteiger partial charge is 0.310 e. The fourth-order valence-electron chi connectivity index (χ4n) is 1.83. The van der Waals surface area contributed by atoms with Gasteiger partial charge in [-0.15, -0.1) is 12.3 Å². The third kappa shape index (κ3) is 4.20. The van der Waals surface area contributed by atoms with Crippen molar-refractivity contribution >= 4 is 0 Å². The first-order valence-electron chi connectivity index (χ1n) is 6.12. The summed E-state index contributed by atoms with van der Waals surface area (Å²) in [6, 6.07) is 5.39. The molecule has 0 fully saturated rings. The summed E-state index contributed by atoms with van der Waals surface area (Å²) in [4.78, 5) is 0. The van der Waals surface area contributed by atoms with E-state index in [1.54, 1.807) is 6.07 Å². The van der Waals surface area contributed by atoms with Crippen LogP contribution in [0.4, 0.5) is 4.39 Å². The Balaban J connectivity index is 2.83. The Kier molecular flexibility index (Phi) is 5.72. The number of halogens is 1. The highest BCUT2D eigenvalue weighted by molar-refractivity contribution is 5.26. The fourth-order valence-corrected chi connectivity index (χ4v) is 1.83. The first kappa shape index (κ1) is 13.7. The second-order valence-corrected chi connectivity index (χ2v) is 4.27.